The van der Waals surface area contributed by atoms with E-state index in [1.807, 2.05) is 11.8 Å². The van der Waals surface area contributed by atoms with Crippen LogP contribution >= 0.6 is 23.5 Å². The number of hydrogen-bond acceptors (Lipinski definition) is 2. The van der Waals surface area contributed by atoms with E-state index < -0.39 is 0 Å². The molecule has 2 heteroatoms. The van der Waals surface area contributed by atoms with Crippen LogP contribution in [0.25, 0.3) is 0 Å². The summed E-state index contributed by atoms with van der Waals surface area (Å²) in [7, 11) is 0. The first-order valence-electron chi connectivity index (χ1n) is 4.45. The fourth-order valence-corrected chi connectivity index (χ4v) is 2.73. The summed E-state index contributed by atoms with van der Waals surface area (Å²) in [6.07, 6.45) is 6.26. The van der Waals surface area contributed by atoms with Gasteiger partial charge in [0, 0.05) is 5.25 Å². The molecule has 0 aliphatic rings. The third kappa shape index (κ3) is 7.07. The molecule has 1 atom stereocenters. The average Bonchev–Trinajstić information content (AvgIpc) is 2.05. The van der Waals surface area contributed by atoms with Crippen LogP contribution in [0.15, 0.2) is 0 Å². The Kier molecular flexibility index (Phi) is 9.35. The first-order chi connectivity index (χ1) is 5.35. The van der Waals surface area contributed by atoms with Gasteiger partial charge in [0.25, 0.3) is 0 Å². The monoisotopic (exact) mass is 192 g/mol. The minimum Gasteiger partial charge on any atom is -0.162 e. The van der Waals surface area contributed by atoms with Gasteiger partial charge in [0.15, 0.2) is 0 Å². The highest BCUT2D eigenvalue weighted by Crippen LogP contribution is 2.17. The molecule has 11 heavy (non-hydrogen) atoms. The third-order valence-electron chi connectivity index (χ3n) is 1.72. The van der Waals surface area contributed by atoms with E-state index in [1.54, 1.807) is 0 Å². The van der Waals surface area contributed by atoms with Gasteiger partial charge in [-0.1, -0.05) is 13.8 Å². The van der Waals surface area contributed by atoms with Crippen molar-refractivity contribution < 1.29 is 0 Å². The summed E-state index contributed by atoms with van der Waals surface area (Å²) in [4.78, 5) is 0. The van der Waals surface area contributed by atoms with Crippen molar-refractivity contribution in [1.29, 1.82) is 0 Å². The molecule has 0 fully saturated rings. The smallest absolute Gasteiger partial charge is 0.00495 e. The quantitative estimate of drug-likeness (QED) is 0.565. The number of rotatable bonds is 7. The average molecular weight is 192 g/mol. The molecular formula is C9H20S2. The summed E-state index contributed by atoms with van der Waals surface area (Å²) >= 11 is 4.11. The summed E-state index contributed by atoms with van der Waals surface area (Å²) < 4.78 is 0. The predicted molar refractivity (Wildman–Crippen MR) is 59.8 cm³/mol. The van der Waals surface area contributed by atoms with Gasteiger partial charge in [-0.05, 0) is 37.0 Å². The fourth-order valence-electron chi connectivity index (χ4n) is 0.950. The molecule has 0 N–H and O–H groups in total. The van der Waals surface area contributed by atoms with Gasteiger partial charge in [-0.3, -0.25) is 0 Å². The molecule has 1 unspecified atom stereocenters. The van der Waals surface area contributed by atoms with E-state index in [2.05, 4.69) is 31.9 Å². The fraction of sp³-hybridized carbons (Fsp3) is 1.00. The standard InChI is InChI=1S/C9H20S2/c1-4-7-11-8-6-9(5-2)10-3/h9H,4-8H2,1-3H3. The molecular weight excluding hydrogens is 172 g/mol. The Balaban J connectivity index is 3.07. The molecule has 0 aromatic carbocycles. The zero-order valence-corrected chi connectivity index (χ0v) is 9.56. The second kappa shape index (κ2) is 8.79. The van der Waals surface area contributed by atoms with Gasteiger partial charge in [-0.2, -0.15) is 23.5 Å². The van der Waals surface area contributed by atoms with Crippen molar-refractivity contribution >= 4 is 23.5 Å². The summed E-state index contributed by atoms with van der Waals surface area (Å²) in [5, 5.41) is 0.902. The highest BCUT2D eigenvalue weighted by molar-refractivity contribution is 8.00. The van der Waals surface area contributed by atoms with Crippen LogP contribution in [0.4, 0.5) is 0 Å². The van der Waals surface area contributed by atoms with Crippen LogP contribution in [0.3, 0.4) is 0 Å². The lowest BCUT2D eigenvalue weighted by atomic mass is 10.3. The molecule has 0 aromatic rings. The highest BCUT2D eigenvalue weighted by Gasteiger charge is 2.02. The van der Waals surface area contributed by atoms with Crippen molar-refractivity contribution in [2.45, 2.75) is 38.4 Å². The predicted octanol–water partition coefficient (Wildman–Crippen LogP) is 3.66. The second-order valence-electron chi connectivity index (χ2n) is 2.67. The lowest BCUT2D eigenvalue weighted by Gasteiger charge is -2.10. The van der Waals surface area contributed by atoms with Crippen molar-refractivity contribution in [1.82, 2.24) is 0 Å². The molecule has 0 saturated carbocycles. The van der Waals surface area contributed by atoms with E-state index in [0.29, 0.717) is 0 Å². The largest absolute Gasteiger partial charge is 0.162 e. The molecule has 0 bridgehead atoms. The highest BCUT2D eigenvalue weighted by atomic mass is 32.2. The Labute approximate surface area is 79.9 Å². The van der Waals surface area contributed by atoms with Gasteiger partial charge >= 0.3 is 0 Å². The van der Waals surface area contributed by atoms with Gasteiger partial charge in [0.1, 0.15) is 0 Å². The first kappa shape index (κ1) is 11.7. The van der Waals surface area contributed by atoms with E-state index in [9.17, 15) is 0 Å². The normalized spacial score (nSPS) is 13.4. The van der Waals surface area contributed by atoms with Gasteiger partial charge in [-0.25, -0.2) is 0 Å². The van der Waals surface area contributed by atoms with Crippen molar-refractivity contribution in [3.05, 3.63) is 0 Å². The maximum Gasteiger partial charge on any atom is 0.00495 e. The zero-order chi connectivity index (χ0) is 8.53. The Hall–Kier alpha value is 0.700. The van der Waals surface area contributed by atoms with E-state index in [-0.39, 0.29) is 0 Å². The van der Waals surface area contributed by atoms with Crippen molar-refractivity contribution in [3.63, 3.8) is 0 Å². The Morgan fingerprint density at radius 3 is 2.36 bits per heavy atom. The van der Waals surface area contributed by atoms with Crippen LogP contribution in [0.2, 0.25) is 0 Å². The van der Waals surface area contributed by atoms with Crippen molar-refractivity contribution in [2.24, 2.45) is 0 Å². The molecule has 0 aliphatic carbocycles. The molecule has 0 saturated heterocycles. The molecule has 0 aromatic heterocycles. The van der Waals surface area contributed by atoms with Crippen LogP contribution in [-0.4, -0.2) is 23.0 Å². The van der Waals surface area contributed by atoms with Crippen LogP contribution in [0.1, 0.15) is 33.1 Å². The van der Waals surface area contributed by atoms with Gasteiger partial charge < -0.3 is 0 Å². The lowest BCUT2D eigenvalue weighted by molar-refractivity contribution is 0.801. The SMILES string of the molecule is CCCSCCC(CC)SC. The third-order valence-corrected chi connectivity index (χ3v) is 4.18. The maximum absolute atomic E-state index is 2.28. The van der Waals surface area contributed by atoms with E-state index in [1.165, 1.54) is 30.8 Å². The van der Waals surface area contributed by atoms with Crippen LogP contribution < -0.4 is 0 Å². The molecule has 0 radical (unpaired) electrons. The Morgan fingerprint density at radius 1 is 1.18 bits per heavy atom. The van der Waals surface area contributed by atoms with E-state index in [0.717, 1.165) is 5.25 Å². The Morgan fingerprint density at radius 2 is 1.91 bits per heavy atom. The minimum atomic E-state index is 0.902. The minimum absolute atomic E-state index is 0.902. The molecule has 0 aliphatic heterocycles. The number of thioether (sulfide) groups is 2. The summed E-state index contributed by atoms with van der Waals surface area (Å²) in [6.45, 7) is 4.53. The van der Waals surface area contributed by atoms with E-state index in [4.69, 9.17) is 0 Å². The second-order valence-corrected chi connectivity index (χ2v) is 5.03. The summed E-state index contributed by atoms with van der Waals surface area (Å²) in [5.74, 6) is 2.69. The summed E-state index contributed by atoms with van der Waals surface area (Å²) in [5.41, 5.74) is 0. The Bertz CT molecular complexity index is 70.0. The molecule has 0 heterocycles. The molecule has 0 spiro atoms. The van der Waals surface area contributed by atoms with Crippen molar-refractivity contribution in [2.75, 3.05) is 17.8 Å². The molecule has 0 nitrogen and oxygen atoms in total. The van der Waals surface area contributed by atoms with Gasteiger partial charge in [0.05, 0.1) is 0 Å². The molecule has 0 amide bonds. The first-order valence-corrected chi connectivity index (χ1v) is 6.89. The van der Waals surface area contributed by atoms with Gasteiger partial charge in [0.2, 0.25) is 0 Å². The van der Waals surface area contributed by atoms with Crippen LogP contribution in [0, 0.1) is 0 Å². The van der Waals surface area contributed by atoms with Crippen molar-refractivity contribution in [3.8, 4) is 0 Å². The topological polar surface area (TPSA) is 0 Å². The van der Waals surface area contributed by atoms with Gasteiger partial charge in [-0.15, -0.1) is 0 Å². The molecule has 0 rings (SSSR count). The summed E-state index contributed by atoms with van der Waals surface area (Å²) in [6, 6.07) is 0. The number of hydrogen-bond donors (Lipinski definition) is 0. The molecule has 68 valence electrons. The maximum atomic E-state index is 2.28. The zero-order valence-electron chi connectivity index (χ0n) is 7.93. The van der Waals surface area contributed by atoms with Crippen LogP contribution in [-0.2, 0) is 0 Å². The lowest BCUT2D eigenvalue weighted by Crippen LogP contribution is -2.01. The van der Waals surface area contributed by atoms with E-state index >= 15 is 0 Å². The van der Waals surface area contributed by atoms with Crippen LogP contribution in [0.5, 0.6) is 0 Å².